The fourth-order valence-electron chi connectivity index (χ4n) is 2.68. The van der Waals surface area contributed by atoms with Crippen molar-refractivity contribution in [1.82, 2.24) is 4.90 Å². The summed E-state index contributed by atoms with van der Waals surface area (Å²) < 4.78 is 5.19. The van der Waals surface area contributed by atoms with Crippen LogP contribution in [0, 0.1) is 5.92 Å². The lowest BCUT2D eigenvalue weighted by Crippen LogP contribution is -2.27. The third-order valence-electron chi connectivity index (χ3n) is 3.80. The lowest BCUT2D eigenvalue weighted by Gasteiger charge is -2.20. The van der Waals surface area contributed by atoms with Gasteiger partial charge >= 0.3 is 0 Å². The van der Waals surface area contributed by atoms with Gasteiger partial charge in [0.1, 0.15) is 0 Å². The topological polar surface area (TPSA) is 58.7 Å². The lowest BCUT2D eigenvalue weighted by molar-refractivity contribution is 0.115. The molecule has 4 heteroatoms. The van der Waals surface area contributed by atoms with Crippen molar-refractivity contribution in [1.29, 1.82) is 0 Å². The minimum Gasteiger partial charge on any atom is -0.387 e. The molecule has 1 aliphatic heterocycles. The highest BCUT2D eigenvalue weighted by atomic mass is 16.5. The molecule has 2 rings (SSSR count). The average molecular weight is 264 g/mol. The third kappa shape index (κ3) is 4.01. The van der Waals surface area contributed by atoms with E-state index in [0.717, 1.165) is 37.2 Å². The van der Waals surface area contributed by atoms with Gasteiger partial charge in [-0.15, -0.1) is 0 Å². The summed E-state index contributed by atoms with van der Waals surface area (Å²) in [4.78, 5) is 2.31. The van der Waals surface area contributed by atoms with Gasteiger partial charge in [0.15, 0.2) is 0 Å². The van der Waals surface area contributed by atoms with Crippen molar-refractivity contribution in [2.45, 2.75) is 19.1 Å². The minimum atomic E-state index is -0.423. The predicted molar refractivity (Wildman–Crippen MR) is 75.7 cm³/mol. The molecule has 1 fully saturated rings. The van der Waals surface area contributed by atoms with Crippen LogP contribution in [0.2, 0.25) is 0 Å². The summed E-state index contributed by atoms with van der Waals surface area (Å²) in [5.41, 5.74) is 7.63. The maximum Gasteiger partial charge on any atom is 0.0916 e. The Morgan fingerprint density at radius 1 is 1.42 bits per heavy atom. The Labute approximate surface area is 115 Å². The molecule has 1 heterocycles. The fourth-order valence-corrected chi connectivity index (χ4v) is 2.68. The van der Waals surface area contributed by atoms with Gasteiger partial charge < -0.3 is 20.5 Å². The molecule has 0 aromatic heterocycles. The molecule has 3 N–H and O–H groups in total. The standard InChI is InChI=1S/C15H24N2O2/c1-19-11-13-6-7-17(9-13)10-15(18)14-4-2-12(8-16)3-5-14/h2-5,13,15,18H,6-11,16H2,1H3. The molecule has 106 valence electrons. The van der Waals surface area contributed by atoms with E-state index in [9.17, 15) is 5.11 Å². The summed E-state index contributed by atoms with van der Waals surface area (Å²) in [5, 5.41) is 10.3. The second-order valence-corrected chi connectivity index (χ2v) is 5.33. The van der Waals surface area contributed by atoms with Crippen molar-refractivity contribution in [3.8, 4) is 0 Å². The van der Waals surface area contributed by atoms with Gasteiger partial charge in [-0.2, -0.15) is 0 Å². The number of rotatable bonds is 6. The van der Waals surface area contributed by atoms with E-state index in [1.54, 1.807) is 7.11 Å². The van der Waals surface area contributed by atoms with E-state index >= 15 is 0 Å². The number of β-amino-alcohol motifs (C(OH)–C–C–N with tert-alkyl or cyclic N) is 1. The van der Waals surface area contributed by atoms with Crippen LogP contribution in [0.3, 0.4) is 0 Å². The molecular formula is C15H24N2O2. The average Bonchev–Trinajstić information content (AvgIpc) is 2.86. The summed E-state index contributed by atoms with van der Waals surface area (Å²) in [5.74, 6) is 0.608. The van der Waals surface area contributed by atoms with Crippen molar-refractivity contribution in [3.63, 3.8) is 0 Å². The molecule has 1 aliphatic rings. The molecule has 1 aromatic carbocycles. The molecule has 1 aromatic rings. The Kier molecular flexibility index (Phi) is 5.34. The normalized spacial score (nSPS) is 21.7. The number of nitrogens with two attached hydrogens (primary N) is 1. The van der Waals surface area contributed by atoms with Crippen LogP contribution in [0.25, 0.3) is 0 Å². The number of likely N-dealkylation sites (tertiary alicyclic amines) is 1. The van der Waals surface area contributed by atoms with Crippen LogP contribution >= 0.6 is 0 Å². The highest BCUT2D eigenvalue weighted by Crippen LogP contribution is 2.21. The zero-order valence-corrected chi connectivity index (χ0v) is 11.6. The first-order chi connectivity index (χ1) is 9.22. The molecular weight excluding hydrogens is 240 g/mol. The molecule has 4 nitrogen and oxygen atoms in total. The number of nitrogens with zero attached hydrogens (tertiary/aromatic N) is 1. The third-order valence-corrected chi connectivity index (χ3v) is 3.80. The zero-order valence-electron chi connectivity index (χ0n) is 11.6. The molecule has 0 bridgehead atoms. The zero-order chi connectivity index (χ0) is 13.7. The lowest BCUT2D eigenvalue weighted by atomic mass is 10.1. The van der Waals surface area contributed by atoms with Gasteiger partial charge in [0.2, 0.25) is 0 Å². The Bertz CT molecular complexity index is 380. The van der Waals surface area contributed by atoms with E-state index in [1.807, 2.05) is 24.3 Å². The first-order valence-electron chi connectivity index (χ1n) is 6.91. The molecule has 2 atom stereocenters. The molecule has 0 radical (unpaired) electrons. The Hall–Kier alpha value is -0.940. The van der Waals surface area contributed by atoms with Crippen LogP contribution in [-0.4, -0.2) is 43.4 Å². The molecule has 2 unspecified atom stereocenters. The number of methoxy groups -OCH3 is 1. The highest BCUT2D eigenvalue weighted by Gasteiger charge is 2.24. The van der Waals surface area contributed by atoms with Crippen LogP contribution in [0.4, 0.5) is 0 Å². The molecule has 0 amide bonds. The van der Waals surface area contributed by atoms with Crippen molar-refractivity contribution in [2.75, 3.05) is 33.4 Å². The fraction of sp³-hybridized carbons (Fsp3) is 0.600. The quantitative estimate of drug-likeness (QED) is 0.809. The summed E-state index contributed by atoms with van der Waals surface area (Å²) in [7, 11) is 1.75. The molecule has 0 aliphatic carbocycles. The maximum absolute atomic E-state index is 10.3. The molecule has 1 saturated heterocycles. The first kappa shape index (κ1) is 14.5. The van der Waals surface area contributed by atoms with E-state index in [2.05, 4.69) is 4.90 Å². The van der Waals surface area contributed by atoms with Gasteiger partial charge in [-0.25, -0.2) is 0 Å². The number of benzene rings is 1. The van der Waals surface area contributed by atoms with Gasteiger partial charge in [-0.05, 0) is 30.0 Å². The summed E-state index contributed by atoms with van der Waals surface area (Å²) in [6, 6.07) is 7.90. The van der Waals surface area contributed by atoms with Crippen LogP contribution in [-0.2, 0) is 11.3 Å². The van der Waals surface area contributed by atoms with E-state index in [4.69, 9.17) is 10.5 Å². The van der Waals surface area contributed by atoms with Gasteiger partial charge in [0, 0.05) is 26.7 Å². The first-order valence-corrected chi connectivity index (χ1v) is 6.91. The number of hydrogen-bond acceptors (Lipinski definition) is 4. The van der Waals surface area contributed by atoms with Crippen LogP contribution in [0.15, 0.2) is 24.3 Å². The highest BCUT2D eigenvalue weighted by molar-refractivity contribution is 5.24. The second-order valence-electron chi connectivity index (χ2n) is 5.33. The van der Waals surface area contributed by atoms with E-state index in [1.165, 1.54) is 0 Å². The van der Waals surface area contributed by atoms with Crippen molar-refractivity contribution >= 4 is 0 Å². The largest absolute Gasteiger partial charge is 0.387 e. The van der Waals surface area contributed by atoms with Gasteiger partial charge in [0.05, 0.1) is 12.7 Å². The predicted octanol–water partition coefficient (Wildman–Crippen LogP) is 1.15. The number of aliphatic hydroxyl groups excluding tert-OH is 1. The minimum absolute atomic E-state index is 0.423. The van der Waals surface area contributed by atoms with Gasteiger partial charge in [-0.1, -0.05) is 24.3 Å². The van der Waals surface area contributed by atoms with Crippen LogP contribution in [0.5, 0.6) is 0 Å². The number of ether oxygens (including phenoxy) is 1. The van der Waals surface area contributed by atoms with Gasteiger partial charge in [0.25, 0.3) is 0 Å². The SMILES string of the molecule is COCC1CCN(CC(O)c2ccc(CN)cc2)C1. The second kappa shape index (κ2) is 7.01. The number of hydrogen-bond donors (Lipinski definition) is 2. The smallest absolute Gasteiger partial charge is 0.0916 e. The van der Waals surface area contributed by atoms with Crippen LogP contribution < -0.4 is 5.73 Å². The van der Waals surface area contributed by atoms with E-state index in [0.29, 0.717) is 19.0 Å². The summed E-state index contributed by atoms with van der Waals surface area (Å²) >= 11 is 0. The Morgan fingerprint density at radius 3 is 2.79 bits per heavy atom. The van der Waals surface area contributed by atoms with Gasteiger partial charge in [-0.3, -0.25) is 0 Å². The monoisotopic (exact) mass is 264 g/mol. The Balaban J connectivity index is 1.85. The summed E-state index contributed by atoms with van der Waals surface area (Å²) in [6.45, 7) is 4.12. The molecule has 19 heavy (non-hydrogen) atoms. The van der Waals surface area contributed by atoms with Crippen molar-refractivity contribution in [3.05, 3.63) is 35.4 Å². The van der Waals surface area contributed by atoms with Crippen LogP contribution in [0.1, 0.15) is 23.7 Å². The van der Waals surface area contributed by atoms with Crippen molar-refractivity contribution in [2.24, 2.45) is 11.7 Å². The number of aliphatic hydroxyl groups is 1. The molecule has 0 spiro atoms. The maximum atomic E-state index is 10.3. The van der Waals surface area contributed by atoms with E-state index < -0.39 is 6.10 Å². The summed E-state index contributed by atoms with van der Waals surface area (Å²) in [6.07, 6.45) is 0.736. The Morgan fingerprint density at radius 2 is 2.16 bits per heavy atom. The van der Waals surface area contributed by atoms with E-state index in [-0.39, 0.29) is 0 Å². The molecule has 0 saturated carbocycles. The van der Waals surface area contributed by atoms with Crippen molar-refractivity contribution < 1.29 is 9.84 Å².